The van der Waals surface area contributed by atoms with E-state index in [2.05, 4.69) is 10.3 Å². The van der Waals surface area contributed by atoms with Gasteiger partial charge in [0, 0.05) is 21.7 Å². The van der Waals surface area contributed by atoms with Crippen molar-refractivity contribution in [1.82, 2.24) is 4.98 Å². The number of carbonyl (C=O) groups excluding carboxylic acids is 1. The van der Waals surface area contributed by atoms with Crippen LogP contribution < -0.4 is 10.5 Å². The lowest BCUT2D eigenvalue weighted by Crippen LogP contribution is -2.17. The van der Waals surface area contributed by atoms with Crippen molar-refractivity contribution >= 4 is 44.6 Å². The number of rotatable bonds is 5. The predicted molar refractivity (Wildman–Crippen MR) is 107 cm³/mol. The third kappa shape index (κ3) is 4.55. The Bertz CT molecular complexity index is 1200. The first kappa shape index (κ1) is 20.0. The number of primary sulfonamides is 1. The van der Waals surface area contributed by atoms with Crippen molar-refractivity contribution in [2.24, 2.45) is 5.14 Å². The molecule has 1 aromatic heterocycles. The number of carbonyl (C=O) groups is 1. The highest BCUT2D eigenvalue weighted by atomic mass is 35.5. The van der Waals surface area contributed by atoms with Crippen LogP contribution in [0.1, 0.15) is 11.3 Å². The summed E-state index contributed by atoms with van der Waals surface area (Å²) in [5.74, 6) is -0.359. The molecule has 10 heteroatoms. The SMILES string of the molecule is N#Cc1csc(-c2ccc(NC(=O)Cc3ccccc3Cl)cc2S(N)(=O)=O)n1. The number of aromatic nitrogens is 1. The van der Waals surface area contributed by atoms with E-state index in [9.17, 15) is 13.2 Å². The minimum Gasteiger partial charge on any atom is -0.326 e. The minimum absolute atomic E-state index is 0.0319. The van der Waals surface area contributed by atoms with Crippen molar-refractivity contribution in [3.63, 3.8) is 0 Å². The van der Waals surface area contributed by atoms with Crippen LogP contribution in [0.5, 0.6) is 0 Å². The molecule has 28 heavy (non-hydrogen) atoms. The molecule has 0 atom stereocenters. The number of amides is 1. The van der Waals surface area contributed by atoms with E-state index in [1.54, 1.807) is 30.3 Å². The van der Waals surface area contributed by atoms with Gasteiger partial charge in [-0.05, 0) is 29.8 Å². The van der Waals surface area contributed by atoms with E-state index in [-0.39, 0.29) is 34.2 Å². The molecule has 0 aliphatic rings. The number of nitrogens with two attached hydrogens (primary N) is 1. The summed E-state index contributed by atoms with van der Waals surface area (Å²) in [6.45, 7) is 0. The number of benzene rings is 2. The maximum absolute atomic E-state index is 12.3. The van der Waals surface area contributed by atoms with Crippen LogP contribution in [0.25, 0.3) is 10.6 Å². The van der Waals surface area contributed by atoms with Gasteiger partial charge in [0.2, 0.25) is 15.9 Å². The summed E-state index contributed by atoms with van der Waals surface area (Å²) < 4.78 is 24.1. The fraction of sp³-hybridized carbons (Fsp3) is 0.0556. The predicted octanol–water partition coefficient (Wildman–Crippen LogP) is 3.16. The van der Waals surface area contributed by atoms with Gasteiger partial charge >= 0.3 is 0 Å². The molecular formula is C18H13ClN4O3S2. The molecule has 3 rings (SSSR count). The number of hydrogen-bond donors (Lipinski definition) is 2. The van der Waals surface area contributed by atoms with E-state index in [0.717, 1.165) is 11.3 Å². The summed E-state index contributed by atoms with van der Waals surface area (Å²) in [7, 11) is -4.09. The van der Waals surface area contributed by atoms with Gasteiger partial charge in [0.15, 0.2) is 5.69 Å². The number of anilines is 1. The van der Waals surface area contributed by atoms with Crippen molar-refractivity contribution in [2.45, 2.75) is 11.3 Å². The van der Waals surface area contributed by atoms with Crippen LogP contribution in [0.3, 0.4) is 0 Å². The van der Waals surface area contributed by atoms with Gasteiger partial charge in [0.05, 0.1) is 11.3 Å². The Morgan fingerprint density at radius 2 is 2.04 bits per heavy atom. The van der Waals surface area contributed by atoms with Gasteiger partial charge in [-0.2, -0.15) is 5.26 Å². The number of nitrogens with one attached hydrogen (secondary N) is 1. The van der Waals surface area contributed by atoms with Gasteiger partial charge in [0.1, 0.15) is 11.1 Å². The Balaban J connectivity index is 1.90. The van der Waals surface area contributed by atoms with Crippen molar-refractivity contribution in [3.8, 4) is 16.6 Å². The first-order chi connectivity index (χ1) is 13.3. The number of nitriles is 1. The van der Waals surface area contributed by atoms with E-state index in [1.165, 1.54) is 17.5 Å². The lowest BCUT2D eigenvalue weighted by molar-refractivity contribution is -0.115. The van der Waals surface area contributed by atoms with E-state index in [1.807, 2.05) is 6.07 Å². The zero-order valence-electron chi connectivity index (χ0n) is 14.2. The summed E-state index contributed by atoms with van der Waals surface area (Å²) >= 11 is 7.18. The van der Waals surface area contributed by atoms with E-state index >= 15 is 0 Å². The van der Waals surface area contributed by atoms with Gasteiger partial charge in [-0.25, -0.2) is 18.5 Å². The topological polar surface area (TPSA) is 126 Å². The van der Waals surface area contributed by atoms with Gasteiger partial charge in [0.25, 0.3) is 0 Å². The minimum atomic E-state index is -4.09. The van der Waals surface area contributed by atoms with Crippen molar-refractivity contribution in [3.05, 3.63) is 64.1 Å². The van der Waals surface area contributed by atoms with Crippen LogP contribution in [0.15, 0.2) is 52.7 Å². The second-order valence-corrected chi connectivity index (χ2v) is 8.52. The Kier molecular flexibility index (Phi) is 5.76. The van der Waals surface area contributed by atoms with E-state index in [4.69, 9.17) is 22.0 Å². The number of nitrogens with zero attached hydrogens (tertiary/aromatic N) is 2. The molecule has 2 aromatic carbocycles. The molecule has 0 aliphatic carbocycles. The highest BCUT2D eigenvalue weighted by Gasteiger charge is 2.19. The standard InChI is InChI=1S/C18H13ClN4O3S2/c19-15-4-2-1-3-11(15)7-17(24)22-12-5-6-14(16(8-12)28(21,25)26)18-23-13(9-20)10-27-18/h1-6,8,10H,7H2,(H,22,24)(H2,21,25,26). The quantitative estimate of drug-likeness (QED) is 0.640. The Labute approximate surface area is 170 Å². The maximum Gasteiger partial charge on any atom is 0.238 e. The monoisotopic (exact) mass is 432 g/mol. The van der Waals surface area contributed by atoms with Crippen LogP contribution in [-0.4, -0.2) is 19.3 Å². The molecular weight excluding hydrogens is 420 g/mol. The van der Waals surface area contributed by atoms with Crippen molar-refractivity contribution in [1.29, 1.82) is 5.26 Å². The molecule has 3 aromatic rings. The fourth-order valence-electron chi connectivity index (χ4n) is 2.48. The van der Waals surface area contributed by atoms with Crippen molar-refractivity contribution < 1.29 is 13.2 Å². The molecule has 7 nitrogen and oxygen atoms in total. The number of thiazole rings is 1. The van der Waals surface area contributed by atoms with Gasteiger partial charge in [-0.1, -0.05) is 29.8 Å². The zero-order valence-corrected chi connectivity index (χ0v) is 16.6. The number of sulfonamides is 1. The summed E-state index contributed by atoms with van der Waals surface area (Å²) in [5.41, 5.74) is 1.36. The van der Waals surface area contributed by atoms with Crippen LogP contribution in [0.4, 0.5) is 5.69 Å². The molecule has 0 saturated heterocycles. The molecule has 0 spiro atoms. The van der Waals surface area contributed by atoms with Crippen LogP contribution >= 0.6 is 22.9 Å². The van der Waals surface area contributed by atoms with Crippen LogP contribution in [0.2, 0.25) is 5.02 Å². The highest BCUT2D eigenvalue weighted by Crippen LogP contribution is 2.31. The van der Waals surface area contributed by atoms with Gasteiger partial charge < -0.3 is 5.32 Å². The van der Waals surface area contributed by atoms with Crippen LogP contribution in [0, 0.1) is 11.3 Å². The number of halogens is 1. The molecule has 1 heterocycles. The molecule has 0 unspecified atom stereocenters. The fourth-order valence-corrected chi connectivity index (χ4v) is 4.30. The maximum atomic E-state index is 12.3. The molecule has 142 valence electrons. The molecule has 0 bridgehead atoms. The lowest BCUT2D eigenvalue weighted by atomic mass is 10.1. The number of hydrogen-bond acceptors (Lipinski definition) is 6. The van der Waals surface area contributed by atoms with Gasteiger partial charge in [-0.15, -0.1) is 11.3 Å². The Morgan fingerprint density at radius 3 is 2.68 bits per heavy atom. The summed E-state index contributed by atoms with van der Waals surface area (Å²) in [4.78, 5) is 16.2. The van der Waals surface area contributed by atoms with E-state index < -0.39 is 10.0 Å². The summed E-state index contributed by atoms with van der Waals surface area (Å²) in [5, 5.41) is 19.2. The molecule has 0 saturated carbocycles. The summed E-state index contributed by atoms with van der Waals surface area (Å²) in [6, 6.07) is 13.1. The smallest absolute Gasteiger partial charge is 0.238 e. The average molecular weight is 433 g/mol. The largest absolute Gasteiger partial charge is 0.326 e. The normalized spacial score (nSPS) is 11.0. The zero-order chi connectivity index (χ0) is 20.3. The second-order valence-electron chi connectivity index (χ2n) is 5.72. The average Bonchev–Trinajstić information content (AvgIpc) is 3.12. The second kappa shape index (κ2) is 8.08. The van der Waals surface area contributed by atoms with E-state index in [0.29, 0.717) is 15.6 Å². The molecule has 0 aliphatic heterocycles. The molecule has 1 amide bonds. The molecule has 0 radical (unpaired) electrons. The third-order valence-corrected chi connectivity index (χ3v) is 5.92. The van der Waals surface area contributed by atoms with Crippen molar-refractivity contribution in [2.75, 3.05) is 5.32 Å². The lowest BCUT2D eigenvalue weighted by Gasteiger charge is -2.10. The van der Waals surface area contributed by atoms with Crippen LogP contribution in [-0.2, 0) is 21.2 Å². The first-order valence-electron chi connectivity index (χ1n) is 7.84. The molecule has 3 N–H and O–H groups in total. The summed E-state index contributed by atoms with van der Waals surface area (Å²) in [6.07, 6.45) is 0.0319. The molecule has 0 fully saturated rings. The van der Waals surface area contributed by atoms with Gasteiger partial charge in [-0.3, -0.25) is 4.79 Å². The Morgan fingerprint density at radius 1 is 1.29 bits per heavy atom. The first-order valence-corrected chi connectivity index (χ1v) is 10.6. The Hall–Kier alpha value is -2.77. The highest BCUT2D eigenvalue weighted by molar-refractivity contribution is 7.89. The third-order valence-electron chi connectivity index (χ3n) is 3.73.